The fraction of sp³-hybridized carbons (Fsp3) is 0.211. The van der Waals surface area contributed by atoms with Gasteiger partial charge < -0.3 is 9.88 Å². The van der Waals surface area contributed by atoms with Crippen LogP contribution in [0.5, 0.6) is 0 Å². The van der Waals surface area contributed by atoms with E-state index in [4.69, 9.17) is 11.6 Å². The highest BCUT2D eigenvalue weighted by molar-refractivity contribution is 6.30. The van der Waals surface area contributed by atoms with Gasteiger partial charge in [-0.1, -0.05) is 29.8 Å². The Balaban J connectivity index is 1.91. The first-order valence-electron chi connectivity index (χ1n) is 7.88. The van der Waals surface area contributed by atoms with Crippen molar-refractivity contribution in [3.8, 4) is 0 Å². The molecule has 7 heteroatoms. The Bertz CT molecular complexity index is 992. The van der Waals surface area contributed by atoms with Crippen LogP contribution < -0.4 is 5.32 Å². The fourth-order valence-corrected chi connectivity index (χ4v) is 3.21. The highest BCUT2D eigenvalue weighted by Crippen LogP contribution is 2.36. The summed E-state index contributed by atoms with van der Waals surface area (Å²) >= 11 is 5.66. The number of halogens is 4. The lowest BCUT2D eigenvalue weighted by molar-refractivity contribution is -0.137. The van der Waals surface area contributed by atoms with Crippen molar-refractivity contribution in [1.29, 1.82) is 0 Å². The molecule has 0 saturated heterocycles. The number of hydrogen-bond donors (Lipinski definition) is 1. The van der Waals surface area contributed by atoms with Crippen molar-refractivity contribution >= 4 is 34.1 Å². The van der Waals surface area contributed by atoms with Crippen molar-refractivity contribution in [3.63, 3.8) is 0 Å². The Morgan fingerprint density at radius 3 is 2.58 bits per heavy atom. The Hall–Kier alpha value is -2.47. The zero-order chi connectivity index (χ0) is 19.1. The first-order chi connectivity index (χ1) is 12.2. The number of rotatable bonds is 3. The second-order valence-electron chi connectivity index (χ2n) is 6.05. The molecular formula is C19H16ClF3N2O. The molecule has 0 unspecified atom stereocenters. The van der Waals surface area contributed by atoms with Gasteiger partial charge in [0.1, 0.15) is 0 Å². The number of aryl methyl sites for hydroxylation is 1. The van der Waals surface area contributed by atoms with E-state index in [1.54, 1.807) is 0 Å². The third-order valence-electron chi connectivity index (χ3n) is 4.43. The summed E-state index contributed by atoms with van der Waals surface area (Å²) in [7, 11) is 1.89. The van der Waals surface area contributed by atoms with Crippen LogP contribution in [-0.4, -0.2) is 10.5 Å². The maximum Gasteiger partial charge on any atom is 0.418 e. The number of para-hydroxylation sites is 1. The molecule has 26 heavy (non-hydrogen) atoms. The number of fused-ring (bicyclic) bond motifs is 1. The van der Waals surface area contributed by atoms with Crippen LogP contribution in [0.3, 0.4) is 0 Å². The van der Waals surface area contributed by atoms with Gasteiger partial charge in [-0.25, -0.2) is 0 Å². The lowest BCUT2D eigenvalue weighted by Crippen LogP contribution is -2.18. The van der Waals surface area contributed by atoms with Crippen molar-refractivity contribution in [1.82, 2.24) is 4.57 Å². The minimum Gasteiger partial charge on any atom is -0.348 e. The molecule has 0 aliphatic carbocycles. The van der Waals surface area contributed by atoms with Crippen LogP contribution in [-0.2, 0) is 24.4 Å². The molecular weight excluding hydrogens is 365 g/mol. The second kappa shape index (κ2) is 6.68. The first-order valence-corrected chi connectivity index (χ1v) is 8.25. The van der Waals surface area contributed by atoms with Gasteiger partial charge in [0.25, 0.3) is 0 Å². The van der Waals surface area contributed by atoms with Crippen molar-refractivity contribution in [3.05, 3.63) is 64.3 Å². The lowest BCUT2D eigenvalue weighted by Gasteiger charge is -2.14. The van der Waals surface area contributed by atoms with E-state index in [-0.39, 0.29) is 17.1 Å². The van der Waals surface area contributed by atoms with E-state index in [0.717, 1.165) is 28.2 Å². The molecule has 3 aromatic rings. The first kappa shape index (κ1) is 18.3. The molecule has 0 spiro atoms. The Morgan fingerprint density at radius 2 is 1.88 bits per heavy atom. The number of alkyl halides is 3. The monoisotopic (exact) mass is 380 g/mol. The molecule has 1 amide bonds. The topological polar surface area (TPSA) is 34.0 Å². The van der Waals surface area contributed by atoms with Crippen molar-refractivity contribution < 1.29 is 18.0 Å². The molecule has 2 aromatic carbocycles. The highest BCUT2D eigenvalue weighted by Gasteiger charge is 2.34. The summed E-state index contributed by atoms with van der Waals surface area (Å²) in [5, 5.41) is 3.24. The zero-order valence-corrected chi connectivity index (χ0v) is 14.9. The average molecular weight is 381 g/mol. The number of aromatic nitrogens is 1. The third kappa shape index (κ3) is 3.42. The van der Waals surface area contributed by atoms with Crippen molar-refractivity contribution in [2.24, 2.45) is 7.05 Å². The molecule has 0 saturated carbocycles. The zero-order valence-electron chi connectivity index (χ0n) is 14.1. The average Bonchev–Trinajstić information content (AvgIpc) is 2.81. The molecule has 0 radical (unpaired) electrons. The van der Waals surface area contributed by atoms with E-state index >= 15 is 0 Å². The summed E-state index contributed by atoms with van der Waals surface area (Å²) < 4.78 is 41.5. The van der Waals surface area contributed by atoms with Crippen LogP contribution in [0.25, 0.3) is 10.9 Å². The number of hydrogen-bond acceptors (Lipinski definition) is 1. The number of carbonyl (C=O) groups excluding carboxylic acids is 1. The summed E-state index contributed by atoms with van der Waals surface area (Å²) in [6.45, 7) is 1.88. The van der Waals surface area contributed by atoms with Crippen LogP contribution in [0.1, 0.15) is 16.8 Å². The van der Waals surface area contributed by atoms with Crippen LogP contribution in [0.2, 0.25) is 5.02 Å². The van der Waals surface area contributed by atoms with Gasteiger partial charge in [0.05, 0.1) is 17.7 Å². The number of nitrogens with zero attached hydrogens (tertiary/aromatic N) is 1. The standard InChI is InChI=1S/C19H16ClF3N2O/c1-11-14(13-5-3-4-6-17(13)25(11)2)10-18(26)24-16-8-7-12(20)9-15(16)19(21,22)23/h3-9H,10H2,1-2H3,(H,24,26). The van der Waals surface area contributed by atoms with Gasteiger partial charge in [-0.2, -0.15) is 13.2 Å². The summed E-state index contributed by atoms with van der Waals surface area (Å²) in [6, 6.07) is 10.9. The molecule has 0 aliphatic heterocycles. The van der Waals surface area contributed by atoms with E-state index in [1.807, 2.05) is 42.8 Å². The van der Waals surface area contributed by atoms with Crippen molar-refractivity contribution in [2.45, 2.75) is 19.5 Å². The number of amides is 1. The Kier molecular flexibility index (Phi) is 4.71. The van der Waals surface area contributed by atoms with Crippen LogP contribution >= 0.6 is 11.6 Å². The van der Waals surface area contributed by atoms with E-state index in [2.05, 4.69) is 5.32 Å². The van der Waals surface area contributed by atoms with Gasteiger partial charge in [0, 0.05) is 28.7 Å². The molecule has 1 aromatic heterocycles. The second-order valence-corrected chi connectivity index (χ2v) is 6.49. The number of anilines is 1. The van der Waals surface area contributed by atoms with Gasteiger partial charge in [0.15, 0.2) is 0 Å². The van der Waals surface area contributed by atoms with E-state index in [9.17, 15) is 18.0 Å². The van der Waals surface area contributed by atoms with Gasteiger partial charge in [-0.05, 0) is 36.8 Å². The molecule has 1 heterocycles. The molecule has 3 nitrogen and oxygen atoms in total. The molecule has 3 rings (SSSR count). The van der Waals surface area contributed by atoms with Crippen molar-refractivity contribution in [2.75, 3.05) is 5.32 Å². The summed E-state index contributed by atoms with van der Waals surface area (Å²) in [6.07, 6.45) is -4.63. The van der Waals surface area contributed by atoms with Crippen LogP contribution in [0.4, 0.5) is 18.9 Å². The molecule has 0 fully saturated rings. The molecule has 0 bridgehead atoms. The summed E-state index contributed by atoms with van der Waals surface area (Å²) in [5.74, 6) is -0.516. The van der Waals surface area contributed by atoms with Gasteiger partial charge in [-0.15, -0.1) is 0 Å². The molecule has 0 atom stereocenters. The molecule has 1 N–H and O–H groups in total. The SMILES string of the molecule is Cc1c(CC(=O)Nc2ccc(Cl)cc2C(F)(F)F)c2ccccc2n1C. The quantitative estimate of drug-likeness (QED) is 0.653. The summed E-state index contributed by atoms with van der Waals surface area (Å²) in [5.41, 5.74) is 1.39. The fourth-order valence-electron chi connectivity index (χ4n) is 3.04. The number of carbonyl (C=O) groups is 1. The Morgan fingerprint density at radius 1 is 1.19 bits per heavy atom. The maximum atomic E-state index is 13.2. The van der Waals surface area contributed by atoms with Gasteiger partial charge in [0.2, 0.25) is 5.91 Å². The highest BCUT2D eigenvalue weighted by atomic mass is 35.5. The smallest absolute Gasteiger partial charge is 0.348 e. The minimum absolute atomic E-state index is 0.0207. The molecule has 136 valence electrons. The van der Waals surface area contributed by atoms with E-state index in [0.29, 0.717) is 0 Å². The van der Waals surface area contributed by atoms with Crippen LogP contribution in [0.15, 0.2) is 42.5 Å². The van der Waals surface area contributed by atoms with Gasteiger partial charge in [-0.3, -0.25) is 4.79 Å². The van der Waals surface area contributed by atoms with E-state index in [1.165, 1.54) is 12.1 Å². The predicted molar refractivity (Wildman–Crippen MR) is 96.4 cm³/mol. The Labute approximate surface area is 153 Å². The predicted octanol–water partition coefficient (Wildman–Crippen LogP) is 5.34. The van der Waals surface area contributed by atoms with Crippen LogP contribution in [0, 0.1) is 6.92 Å². The number of benzene rings is 2. The third-order valence-corrected chi connectivity index (χ3v) is 4.66. The van der Waals surface area contributed by atoms with Gasteiger partial charge >= 0.3 is 6.18 Å². The summed E-state index contributed by atoms with van der Waals surface area (Å²) in [4.78, 5) is 12.4. The lowest BCUT2D eigenvalue weighted by atomic mass is 10.1. The largest absolute Gasteiger partial charge is 0.418 e. The number of nitrogens with one attached hydrogen (secondary N) is 1. The van der Waals surface area contributed by atoms with E-state index < -0.39 is 17.6 Å². The minimum atomic E-state index is -4.61. The maximum absolute atomic E-state index is 13.2. The normalized spacial score (nSPS) is 11.8. The molecule has 0 aliphatic rings.